The SMILES string of the molecule is N#Cc1ccccc1C(=O)N[C@@H]1CCC[C@H](Nc2cc(C(F)(F)F)nc3ccccc23)C1. The van der Waals surface area contributed by atoms with E-state index in [9.17, 15) is 23.2 Å². The summed E-state index contributed by atoms with van der Waals surface area (Å²) in [6, 6.07) is 16.1. The number of anilines is 1. The fraction of sp³-hybridized carbons (Fsp3) is 0.292. The zero-order valence-corrected chi connectivity index (χ0v) is 17.1. The molecule has 8 heteroatoms. The summed E-state index contributed by atoms with van der Waals surface area (Å²) in [5.41, 5.74) is 0.347. The van der Waals surface area contributed by atoms with E-state index in [0.717, 1.165) is 25.3 Å². The van der Waals surface area contributed by atoms with Crippen molar-refractivity contribution in [2.75, 3.05) is 5.32 Å². The summed E-state index contributed by atoms with van der Waals surface area (Å²) in [5.74, 6) is -0.318. The van der Waals surface area contributed by atoms with E-state index in [2.05, 4.69) is 15.6 Å². The number of fused-ring (bicyclic) bond motifs is 1. The molecular weight excluding hydrogens is 417 g/mol. The fourth-order valence-corrected chi connectivity index (χ4v) is 4.15. The standard InChI is InChI=1S/C24H21F3N4O/c25-24(26,27)22-13-21(19-10-3-4-11-20(19)31-22)29-16-7-5-8-17(12-16)30-23(32)18-9-2-1-6-15(18)14-28/h1-4,6,9-11,13,16-17H,5,7-8,12H2,(H,29,31)(H,30,32)/t16-,17+/m0/s1. The molecule has 1 fully saturated rings. The molecule has 1 aliphatic rings. The van der Waals surface area contributed by atoms with Crippen LogP contribution in [0.4, 0.5) is 18.9 Å². The lowest BCUT2D eigenvalue weighted by molar-refractivity contribution is -0.140. The van der Waals surface area contributed by atoms with Gasteiger partial charge >= 0.3 is 6.18 Å². The normalized spacial score (nSPS) is 18.7. The van der Waals surface area contributed by atoms with Crippen LogP contribution in [0.15, 0.2) is 54.6 Å². The van der Waals surface area contributed by atoms with E-state index in [1.165, 1.54) is 0 Å². The number of carbonyl (C=O) groups is 1. The molecule has 1 heterocycles. The van der Waals surface area contributed by atoms with Crippen LogP contribution >= 0.6 is 0 Å². The number of halogens is 3. The van der Waals surface area contributed by atoms with Gasteiger partial charge in [0.2, 0.25) is 0 Å². The van der Waals surface area contributed by atoms with Gasteiger partial charge in [0.25, 0.3) is 5.91 Å². The van der Waals surface area contributed by atoms with Gasteiger partial charge < -0.3 is 10.6 Å². The minimum atomic E-state index is -4.54. The average Bonchev–Trinajstić information content (AvgIpc) is 2.78. The molecule has 0 bridgehead atoms. The predicted octanol–water partition coefficient (Wildman–Crippen LogP) is 5.28. The minimum Gasteiger partial charge on any atom is -0.382 e. The quantitative estimate of drug-likeness (QED) is 0.581. The number of hydrogen-bond donors (Lipinski definition) is 2. The molecule has 2 aromatic carbocycles. The zero-order chi connectivity index (χ0) is 22.7. The van der Waals surface area contributed by atoms with E-state index in [4.69, 9.17) is 0 Å². The smallest absolute Gasteiger partial charge is 0.382 e. The molecule has 0 saturated heterocycles. The van der Waals surface area contributed by atoms with Crippen molar-refractivity contribution in [1.82, 2.24) is 10.3 Å². The Kier molecular flexibility index (Phi) is 5.99. The van der Waals surface area contributed by atoms with Crippen molar-refractivity contribution in [2.24, 2.45) is 0 Å². The van der Waals surface area contributed by atoms with Crippen molar-refractivity contribution in [2.45, 2.75) is 43.9 Å². The Labute approximate surface area is 183 Å². The van der Waals surface area contributed by atoms with E-state index in [0.29, 0.717) is 28.6 Å². The zero-order valence-electron chi connectivity index (χ0n) is 17.1. The molecule has 2 N–H and O–H groups in total. The maximum Gasteiger partial charge on any atom is 0.433 e. The van der Waals surface area contributed by atoms with Crippen LogP contribution in [0.2, 0.25) is 0 Å². The lowest BCUT2D eigenvalue weighted by Gasteiger charge is -2.31. The highest BCUT2D eigenvalue weighted by Crippen LogP contribution is 2.34. The van der Waals surface area contributed by atoms with Gasteiger partial charge in [0.1, 0.15) is 5.69 Å². The maximum atomic E-state index is 13.3. The minimum absolute atomic E-state index is 0.104. The van der Waals surface area contributed by atoms with Crippen molar-refractivity contribution in [3.05, 3.63) is 71.4 Å². The number of nitriles is 1. The number of hydrogen-bond acceptors (Lipinski definition) is 4. The molecule has 0 spiro atoms. The van der Waals surface area contributed by atoms with Gasteiger partial charge in [0.05, 0.1) is 22.7 Å². The molecule has 1 aliphatic carbocycles. The van der Waals surface area contributed by atoms with Gasteiger partial charge in [-0.25, -0.2) is 4.98 Å². The van der Waals surface area contributed by atoms with Crippen LogP contribution in [0.1, 0.15) is 47.3 Å². The van der Waals surface area contributed by atoms with Crippen molar-refractivity contribution >= 4 is 22.5 Å². The van der Waals surface area contributed by atoms with E-state index >= 15 is 0 Å². The highest BCUT2D eigenvalue weighted by Gasteiger charge is 2.34. The molecule has 4 rings (SSSR count). The number of carbonyl (C=O) groups excluding carboxylic acids is 1. The Hall–Kier alpha value is -3.60. The third-order valence-electron chi connectivity index (χ3n) is 5.67. The first-order valence-electron chi connectivity index (χ1n) is 10.4. The molecule has 0 radical (unpaired) electrons. The first-order chi connectivity index (χ1) is 15.3. The molecule has 1 aromatic heterocycles. The summed E-state index contributed by atoms with van der Waals surface area (Å²) in [5, 5.41) is 16.1. The van der Waals surface area contributed by atoms with Crippen LogP contribution < -0.4 is 10.6 Å². The van der Waals surface area contributed by atoms with E-state index in [1.54, 1.807) is 48.5 Å². The lowest BCUT2D eigenvalue weighted by Crippen LogP contribution is -2.42. The van der Waals surface area contributed by atoms with Crippen LogP contribution in [0.25, 0.3) is 10.9 Å². The molecule has 5 nitrogen and oxygen atoms in total. The molecule has 0 aliphatic heterocycles. The van der Waals surface area contributed by atoms with Crippen LogP contribution in [0.5, 0.6) is 0 Å². The topological polar surface area (TPSA) is 77.8 Å². The summed E-state index contributed by atoms with van der Waals surface area (Å²) in [7, 11) is 0. The number of rotatable bonds is 4. The summed E-state index contributed by atoms with van der Waals surface area (Å²) in [6.45, 7) is 0. The third kappa shape index (κ3) is 4.67. The van der Waals surface area contributed by atoms with Gasteiger partial charge in [0, 0.05) is 23.2 Å². The maximum absolute atomic E-state index is 13.3. The first kappa shape index (κ1) is 21.6. The predicted molar refractivity (Wildman–Crippen MR) is 115 cm³/mol. The third-order valence-corrected chi connectivity index (χ3v) is 5.67. The summed E-state index contributed by atoms with van der Waals surface area (Å²) in [4.78, 5) is 16.4. The van der Waals surface area contributed by atoms with Gasteiger partial charge in [-0.2, -0.15) is 18.4 Å². The number of nitrogens with zero attached hydrogens (tertiary/aromatic N) is 2. The van der Waals surface area contributed by atoms with Gasteiger partial charge in [-0.3, -0.25) is 4.79 Å². The van der Waals surface area contributed by atoms with Crippen molar-refractivity contribution in [3.8, 4) is 6.07 Å². The Morgan fingerprint density at radius 1 is 1.06 bits per heavy atom. The number of benzene rings is 2. The Bertz CT molecular complexity index is 1190. The molecule has 164 valence electrons. The number of alkyl halides is 3. The number of nitrogens with one attached hydrogen (secondary N) is 2. The number of aromatic nitrogens is 1. The van der Waals surface area contributed by atoms with Crippen molar-refractivity contribution in [1.29, 1.82) is 5.26 Å². The Morgan fingerprint density at radius 3 is 2.56 bits per heavy atom. The molecule has 1 amide bonds. The van der Waals surface area contributed by atoms with E-state index in [1.807, 2.05) is 6.07 Å². The largest absolute Gasteiger partial charge is 0.433 e. The summed E-state index contributed by atoms with van der Waals surface area (Å²) < 4.78 is 40.0. The lowest BCUT2D eigenvalue weighted by atomic mass is 9.90. The van der Waals surface area contributed by atoms with Gasteiger partial charge in [-0.1, -0.05) is 30.3 Å². The van der Waals surface area contributed by atoms with Crippen LogP contribution in [-0.2, 0) is 6.18 Å². The number of para-hydroxylation sites is 1. The second-order valence-corrected chi connectivity index (χ2v) is 7.91. The number of pyridine rings is 1. The second kappa shape index (κ2) is 8.87. The first-order valence-corrected chi connectivity index (χ1v) is 10.4. The fourth-order valence-electron chi connectivity index (χ4n) is 4.15. The highest BCUT2D eigenvalue weighted by atomic mass is 19.4. The number of amides is 1. The van der Waals surface area contributed by atoms with Crippen LogP contribution in [0.3, 0.4) is 0 Å². The summed E-state index contributed by atoms with van der Waals surface area (Å²) >= 11 is 0. The monoisotopic (exact) mass is 438 g/mol. The van der Waals surface area contributed by atoms with Crippen LogP contribution in [-0.4, -0.2) is 23.0 Å². The molecule has 0 unspecified atom stereocenters. The highest BCUT2D eigenvalue weighted by molar-refractivity contribution is 5.96. The Balaban J connectivity index is 1.52. The second-order valence-electron chi connectivity index (χ2n) is 7.91. The van der Waals surface area contributed by atoms with Crippen LogP contribution in [0, 0.1) is 11.3 Å². The van der Waals surface area contributed by atoms with E-state index in [-0.39, 0.29) is 23.5 Å². The molecule has 3 aromatic rings. The Morgan fingerprint density at radius 2 is 1.78 bits per heavy atom. The molecule has 2 atom stereocenters. The molecule has 32 heavy (non-hydrogen) atoms. The molecular formula is C24H21F3N4O. The average molecular weight is 438 g/mol. The van der Waals surface area contributed by atoms with Crippen molar-refractivity contribution in [3.63, 3.8) is 0 Å². The van der Waals surface area contributed by atoms with Gasteiger partial charge in [-0.05, 0) is 49.9 Å². The summed E-state index contributed by atoms with van der Waals surface area (Å²) in [6.07, 6.45) is -1.61. The van der Waals surface area contributed by atoms with Gasteiger partial charge in [0.15, 0.2) is 0 Å². The van der Waals surface area contributed by atoms with Crippen molar-refractivity contribution < 1.29 is 18.0 Å². The molecule has 1 saturated carbocycles. The van der Waals surface area contributed by atoms with E-state index < -0.39 is 11.9 Å². The van der Waals surface area contributed by atoms with Gasteiger partial charge in [-0.15, -0.1) is 0 Å².